The van der Waals surface area contributed by atoms with E-state index in [4.69, 9.17) is 5.26 Å². The van der Waals surface area contributed by atoms with Crippen LogP contribution in [0.1, 0.15) is 27.9 Å². The van der Waals surface area contributed by atoms with E-state index >= 15 is 0 Å². The number of nitriles is 1. The monoisotopic (exact) mass is 476 g/mol. The number of urea groups is 1. The van der Waals surface area contributed by atoms with E-state index in [1.54, 1.807) is 0 Å². The first-order chi connectivity index (χ1) is 16.0. The number of piperazine rings is 1. The lowest BCUT2D eigenvalue weighted by Gasteiger charge is -2.34. The third-order valence-electron chi connectivity index (χ3n) is 6.32. The Morgan fingerprint density at radius 3 is 2.35 bits per heavy atom. The van der Waals surface area contributed by atoms with Crippen molar-refractivity contribution in [2.45, 2.75) is 30.7 Å². The Hall–Kier alpha value is -4.01. The zero-order valence-electron chi connectivity index (χ0n) is 17.0. The molecule has 3 fully saturated rings. The molecule has 2 aromatic rings. The van der Waals surface area contributed by atoms with Gasteiger partial charge in [0.05, 0.1) is 35.0 Å². The number of amides is 4. The Morgan fingerprint density at radius 1 is 1.06 bits per heavy atom. The molecular weight excluding hydrogens is 463 g/mol. The van der Waals surface area contributed by atoms with Crippen molar-refractivity contribution in [1.82, 2.24) is 9.80 Å². The first-order valence-electron chi connectivity index (χ1n) is 10.1. The summed E-state index contributed by atoms with van der Waals surface area (Å²) in [6.07, 6.45) is -4.63. The lowest BCUT2D eigenvalue weighted by atomic mass is 10.1. The minimum Gasteiger partial charge on any atom is -0.331 e. The van der Waals surface area contributed by atoms with Gasteiger partial charge in [-0.3, -0.25) is 9.59 Å². The Morgan fingerprint density at radius 2 is 1.74 bits per heavy atom. The van der Waals surface area contributed by atoms with E-state index in [9.17, 15) is 36.3 Å². The highest BCUT2D eigenvalue weighted by atomic mass is 19.4. The SMILES string of the molecule is N#Cc1ccc(N2C(=O)[C@H]3C4CC(CN4C(=O)c4cc(F)cc(F)c4)N3C2=O)cc1C(F)(F)F. The first kappa shape index (κ1) is 21.8. The van der Waals surface area contributed by atoms with Crippen LogP contribution in [-0.4, -0.2) is 52.3 Å². The summed E-state index contributed by atoms with van der Waals surface area (Å²) in [5, 5.41) is 8.97. The normalized spacial score (nSPS) is 23.5. The number of benzene rings is 2. The summed E-state index contributed by atoms with van der Waals surface area (Å²) in [5.74, 6) is -3.44. The summed E-state index contributed by atoms with van der Waals surface area (Å²) in [7, 11) is 0. The fourth-order valence-electron chi connectivity index (χ4n) is 4.97. The van der Waals surface area contributed by atoms with E-state index in [0.29, 0.717) is 17.0 Å². The van der Waals surface area contributed by atoms with E-state index in [1.807, 2.05) is 0 Å². The summed E-state index contributed by atoms with van der Waals surface area (Å²) in [6.45, 7) is 0.00611. The smallest absolute Gasteiger partial charge is 0.331 e. The molecule has 3 atom stereocenters. The average molecular weight is 476 g/mol. The second kappa shape index (κ2) is 7.24. The van der Waals surface area contributed by atoms with Gasteiger partial charge in [-0.05, 0) is 36.8 Å². The molecule has 34 heavy (non-hydrogen) atoms. The van der Waals surface area contributed by atoms with Gasteiger partial charge < -0.3 is 9.80 Å². The molecule has 2 bridgehead atoms. The van der Waals surface area contributed by atoms with Crippen LogP contribution in [0.5, 0.6) is 0 Å². The van der Waals surface area contributed by atoms with Crippen LogP contribution >= 0.6 is 0 Å². The summed E-state index contributed by atoms with van der Waals surface area (Å²) in [4.78, 5) is 42.2. The van der Waals surface area contributed by atoms with E-state index in [1.165, 1.54) is 15.9 Å². The number of carbonyl (C=O) groups is 3. The molecule has 2 aromatic carbocycles. The van der Waals surface area contributed by atoms with Crippen LogP contribution in [0.25, 0.3) is 0 Å². The molecular formula is C22H13F5N4O3. The molecule has 3 heterocycles. The Labute approximate surface area is 188 Å². The Balaban J connectivity index is 1.47. The maximum atomic E-state index is 13.6. The molecule has 0 N–H and O–H groups in total. The molecule has 3 aliphatic heterocycles. The van der Waals surface area contributed by atoms with Gasteiger partial charge in [0, 0.05) is 18.2 Å². The predicted molar refractivity (Wildman–Crippen MR) is 104 cm³/mol. The molecule has 0 aromatic heterocycles. The van der Waals surface area contributed by atoms with Crippen LogP contribution in [0.15, 0.2) is 36.4 Å². The van der Waals surface area contributed by atoms with Gasteiger partial charge in [-0.15, -0.1) is 0 Å². The first-order valence-corrected chi connectivity index (χ1v) is 10.1. The van der Waals surface area contributed by atoms with Crippen molar-refractivity contribution >= 4 is 23.5 Å². The number of hydrogen-bond donors (Lipinski definition) is 0. The molecule has 0 aliphatic carbocycles. The molecule has 5 rings (SSSR count). The number of likely N-dealkylation sites (tertiary alicyclic amines) is 1. The number of fused-ring (bicyclic) bond motifs is 5. The van der Waals surface area contributed by atoms with Crippen LogP contribution < -0.4 is 4.90 Å². The maximum Gasteiger partial charge on any atom is 0.417 e. The van der Waals surface area contributed by atoms with Crippen molar-refractivity contribution in [3.63, 3.8) is 0 Å². The second-order valence-electron chi connectivity index (χ2n) is 8.22. The van der Waals surface area contributed by atoms with E-state index < -0.39 is 64.9 Å². The summed E-state index contributed by atoms with van der Waals surface area (Å²) < 4.78 is 67.3. The predicted octanol–water partition coefficient (Wildman–Crippen LogP) is 3.29. The number of rotatable bonds is 2. The topological polar surface area (TPSA) is 84.7 Å². The number of halogens is 5. The molecule has 0 radical (unpaired) electrons. The Bertz CT molecular complexity index is 1280. The number of nitrogens with zero attached hydrogens (tertiary/aromatic N) is 4. The van der Waals surface area contributed by atoms with E-state index in [0.717, 1.165) is 24.3 Å². The molecule has 3 saturated heterocycles. The van der Waals surface area contributed by atoms with Crippen LogP contribution in [-0.2, 0) is 11.0 Å². The highest BCUT2D eigenvalue weighted by Gasteiger charge is 2.63. The van der Waals surface area contributed by atoms with Crippen molar-refractivity contribution < 1.29 is 36.3 Å². The van der Waals surface area contributed by atoms with Gasteiger partial charge in [-0.1, -0.05) is 0 Å². The van der Waals surface area contributed by atoms with Gasteiger partial charge in [-0.2, -0.15) is 18.4 Å². The Kier molecular flexibility index (Phi) is 4.65. The molecule has 3 aliphatic rings. The van der Waals surface area contributed by atoms with Crippen LogP contribution in [0.2, 0.25) is 0 Å². The number of hydrogen-bond acceptors (Lipinski definition) is 4. The molecule has 2 unspecified atom stereocenters. The number of imide groups is 1. The van der Waals surface area contributed by atoms with Crippen molar-refractivity contribution in [2.75, 3.05) is 11.4 Å². The standard InChI is InChI=1S/C22H13F5N4O3/c23-12-3-11(4-13(24)5-12)19(32)29-9-15-7-17(29)18-20(33)31(21(34)30(15)18)14-2-1-10(8-28)16(6-14)22(25,26)27/h1-6,15,17-18H,7,9H2/t15?,17?,18-/m1/s1. The van der Waals surface area contributed by atoms with Crippen molar-refractivity contribution in [3.8, 4) is 6.07 Å². The summed E-state index contributed by atoms with van der Waals surface area (Å²) in [6, 6.07) is 2.93. The van der Waals surface area contributed by atoms with Gasteiger partial charge in [0.2, 0.25) is 0 Å². The highest BCUT2D eigenvalue weighted by Crippen LogP contribution is 2.44. The van der Waals surface area contributed by atoms with Gasteiger partial charge in [0.1, 0.15) is 17.7 Å². The van der Waals surface area contributed by atoms with Crippen LogP contribution in [0.4, 0.5) is 32.4 Å². The zero-order valence-corrected chi connectivity index (χ0v) is 17.0. The quantitative estimate of drug-likeness (QED) is 0.492. The number of alkyl halides is 3. The summed E-state index contributed by atoms with van der Waals surface area (Å²) in [5.41, 5.74) is -2.55. The van der Waals surface area contributed by atoms with Gasteiger partial charge in [0.15, 0.2) is 0 Å². The van der Waals surface area contributed by atoms with Crippen molar-refractivity contribution in [2.24, 2.45) is 0 Å². The van der Waals surface area contributed by atoms with Crippen LogP contribution in [0, 0.1) is 23.0 Å². The number of anilines is 1. The maximum absolute atomic E-state index is 13.6. The zero-order chi connectivity index (χ0) is 24.5. The number of carbonyl (C=O) groups excluding carboxylic acids is 3. The minimum atomic E-state index is -4.88. The fourth-order valence-corrected chi connectivity index (χ4v) is 4.97. The molecule has 0 saturated carbocycles. The third kappa shape index (κ3) is 3.11. The van der Waals surface area contributed by atoms with Crippen molar-refractivity contribution in [3.05, 3.63) is 64.7 Å². The highest BCUT2D eigenvalue weighted by molar-refractivity contribution is 6.22. The lowest BCUT2D eigenvalue weighted by molar-refractivity contribution is -0.137. The van der Waals surface area contributed by atoms with Gasteiger partial charge in [0.25, 0.3) is 11.8 Å². The summed E-state index contributed by atoms with van der Waals surface area (Å²) >= 11 is 0. The second-order valence-corrected chi connectivity index (χ2v) is 8.22. The van der Waals surface area contributed by atoms with Crippen LogP contribution in [0.3, 0.4) is 0 Å². The molecule has 4 amide bonds. The fraction of sp³-hybridized carbons (Fsp3) is 0.273. The van der Waals surface area contributed by atoms with E-state index in [-0.39, 0.29) is 24.2 Å². The van der Waals surface area contributed by atoms with Gasteiger partial charge >= 0.3 is 12.2 Å². The molecule has 174 valence electrons. The molecule has 12 heteroatoms. The molecule has 0 spiro atoms. The molecule has 7 nitrogen and oxygen atoms in total. The van der Waals surface area contributed by atoms with Crippen molar-refractivity contribution in [1.29, 1.82) is 5.26 Å². The van der Waals surface area contributed by atoms with E-state index in [2.05, 4.69) is 0 Å². The van der Waals surface area contributed by atoms with Gasteiger partial charge in [-0.25, -0.2) is 18.5 Å². The lowest BCUT2D eigenvalue weighted by Crippen LogP contribution is -2.54. The minimum absolute atomic E-state index is 0.00611. The average Bonchev–Trinajstić information content (AvgIpc) is 3.43. The largest absolute Gasteiger partial charge is 0.417 e. The third-order valence-corrected chi connectivity index (χ3v) is 6.32.